The van der Waals surface area contributed by atoms with E-state index in [0.717, 1.165) is 5.39 Å². The van der Waals surface area contributed by atoms with E-state index < -0.39 is 17.1 Å². The number of pyridine rings is 1. The molecule has 0 saturated heterocycles. The second-order valence-electron chi connectivity index (χ2n) is 8.93. The number of H-pyrrole nitrogens is 1. The van der Waals surface area contributed by atoms with Gasteiger partial charge in [0.1, 0.15) is 17.8 Å². The Morgan fingerprint density at radius 3 is 2.65 bits per heavy atom. The van der Waals surface area contributed by atoms with Crippen LogP contribution in [0.2, 0.25) is 0 Å². The zero-order valence-electron chi connectivity index (χ0n) is 20.1. The number of hydrogen-bond acceptors (Lipinski definition) is 6. The van der Waals surface area contributed by atoms with Gasteiger partial charge in [-0.3, -0.25) is 4.79 Å². The first-order valence-electron chi connectivity index (χ1n) is 11.5. The number of carbonyl (C=O) groups excluding carboxylic acids is 1. The van der Waals surface area contributed by atoms with Crippen LogP contribution in [0.25, 0.3) is 22.3 Å². The second-order valence-corrected chi connectivity index (χ2v) is 8.93. The molecule has 3 aromatic heterocycles. The number of aromatic amines is 1. The lowest BCUT2D eigenvalue weighted by molar-refractivity contribution is 0.102. The number of halogens is 1. The number of carbonyl (C=O) groups is 1. The molecule has 0 aliphatic heterocycles. The summed E-state index contributed by atoms with van der Waals surface area (Å²) in [4.78, 5) is 29.1. The maximum atomic E-state index is 15.6. The van der Waals surface area contributed by atoms with Gasteiger partial charge in [-0.15, -0.1) is 0 Å². The first-order chi connectivity index (χ1) is 17.9. The Hall–Kier alpha value is -5.10. The number of aromatic nitrogens is 4. The van der Waals surface area contributed by atoms with Crippen LogP contribution in [0.3, 0.4) is 0 Å². The van der Waals surface area contributed by atoms with Crippen LogP contribution in [0.1, 0.15) is 29.8 Å². The Kier molecular flexibility index (Phi) is 6.07. The highest BCUT2D eigenvalue weighted by Gasteiger charge is 2.27. The molecule has 2 aromatic carbocycles. The van der Waals surface area contributed by atoms with Gasteiger partial charge < -0.3 is 15.6 Å². The van der Waals surface area contributed by atoms with E-state index in [-0.39, 0.29) is 11.3 Å². The van der Waals surface area contributed by atoms with E-state index in [1.807, 2.05) is 12.1 Å². The molecule has 3 N–H and O–H groups in total. The molecule has 0 aliphatic rings. The van der Waals surface area contributed by atoms with Gasteiger partial charge in [-0.2, -0.15) is 5.26 Å². The fourth-order valence-corrected chi connectivity index (χ4v) is 4.01. The van der Waals surface area contributed by atoms with Crippen molar-refractivity contribution in [3.8, 4) is 17.3 Å². The number of nitrogens with zero attached hydrogens (tertiary/aromatic N) is 4. The summed E-state index contributed by atoms with van der Waals surface area (Å²) in [6.45, 7) is 3.24. The van der Waals surface area contributed by atoms with Crippen molar-refractivity contribution in [2.75, 3.05) is 10.6 Å². The zero-order chi connectivity index (χ0) is 26.0. The van der Waals surface area contributed by atoms with Gasteiger partial charge in [0.25, 0.3) is 5.91 Å². The van der Waals surface area contributed by atoms with Gasteiger partial charge in [0, 0.05) is 40.2 Å². The van der Waals surface area contributed by atoms with Crippen molar-refractivity contribution in [3.63, 3.8) is 0 Å². The highest BCUT2D eigenvalue weighted by molar-refractivity contribution is 6.04. The lowest BCUT2D eigenvalue weighted by atomic mass is 9.85. The average molecular weight is 492 g/mol. The predicted octanol–water partition coefficient (Wildman–Crippen LogP) is 5.96. The van der Waals surface area contributed by atoms with Gasteiger partial charge in [0.2, 0.25) is 0 Å². The summed E-state index contributed by atoms with van der Waals surface area (Å²) in [5, 5.41) is 16.4. The monoisotopic (exact) mass is 491 g/mol. The third-order valence-electron chi connectivity index (χ3n) is 5.99. The van der Waals surface area contributed by atoms with Crippen LogP contribution in [-0.2, 0) is 5.41 Å². The Balaban J connectivity index is 1.59. The molecule has 0 spiro atoms. The molecule has 0 unspecified atom stereocenters. The lowest BCUT2D eigenvalue weighted by Gasteiger charge is -2.21. The van der Waals surface area contributed by atoms with Gasteiger partial charge in [-0.1, -0.05) is 18.2 Å². The number of nitriles is 1. The summed E-state index contributed by atoms with van der Waals surface area (Å²) in [5.74, 6) is -0.671. The van der Waals surface area contributed by atoms with E-state index in [1.165, 1.54) is 12.4 Å². The largest absolute Gasteiger partial charge is 0.346 e. The van der Waals surface area contributed by atoms with Crippen LogP contribution in [0.4, 0.5) is 21.6 Å². The molecule has 3 heterocycles. The van der Waals surface area contributed by atoms with Crippen LogP contribution in [0.5, 0.6) is 0 Å². The quantitative estimate of drug-likeness (QED) is 0.270. The first-order valence-corrected chi connectivity index (χ1v) is 11.5. The fraction of sp³-hybridized carbons (Fsp3) is 0.107. The van der Waals surface area contributed by atoms with Crippen molar-refractivity contribution in [2.45, 2.75) is 19.3 Å². The molecular weight excluding hydrogens is 469 g/mol. The number of anilines is 3. The van der Waals surface area contributed by atoms with Crippen molar-refractivity contribution >= 4 is 34.1 Å². The Morgan fingerprint density at radius 1 is 1.05 bits per heavy atom. The number of amides is 1. The highest BCUT2D eigenvalue weighted by atomic mass is 19.1. The maximum Gasteiger partial charge on any atom is 0.255 e. The summed E-state index contributed by atoms with van der Waals surface area (Å²) in [5.41, 5.74) is 1.81. The number of nitrogens with one attached hydrogen (secondary N) is 3. The highest BCUT2D eigenvalue weighted by Crippen LogP contribution is 2.36. The maximum absolute atomic E-state index is 15.6. The lowest BCUT2D eigenvalue weighted by Crippen LogP contribution is -2.20. The SMILES string of the molecule is CC(C)(C#N)c1cc(Nc2ncccc2-c2ncnc3[nH]ccc23)cc(NC(=O)c2ccccc2)c1F. The third-order valence-corrected chi connectivity index (χ3v) is 5.99. The standard InChI is InChI=1S/C28H22FN7O/c1-28(2,15-30)21-13-18(14-22(23(21)29)36-27(37)17-7-4-3-5-8-17)35-26-19(9-6-11-31-26)24-20-10-12-32-25(20)34-16-33-24/h3-14,16H,1-2H3,(H,31,35)(H,36,37)(H,32,33,34). The zero-order valence-corrected chi connectivity index (χ0v) is 20.1. The van der Waals surface area contributed by atoms with Crippen LogP contribution in [-0.4, -0.2) is 25.8 Å². The molecule has 1 amide bonds. The number of fused-ring (bicyclic) bond motifs is 1. The van der Waals surface area contributed by atoms with Crippen molar-refractivity contribution in [3.05, 3.63) is 96.3 Å². The molecule has 0 aliphatic carbocycles. The smallest absolute Gasteiger partial charge is 0.255 e. The average Bonchev–Trinajstić information content (AvgIpc) is 3.40. The number of benzene rings is 2. The van der Waals surface area contributed by atoms with Crippen LogP contribution in [0, 0.1) is 17.1 Å². The van der Waals surface area contributed by atoms with E-state index >= 15 is 4.39 Å². The van der Waals surface area contributed by atoms with E-state index in [1.54, 1.807) is 68.7 Å². The van der Waals surface area contributed by atoms with Gasteiger partial charge >= 0.3 is 0 Å². The molecule has 182 valence electrons. The van der Waals surface area contributed by atoms with Crippen molar-refractivity contribution in [2.24, 2.45) is 0 Å². The molecule has 37 heavy (non-hydrogen) atoms. The fourth-order valence-electron chi connectivity index (χ4n) is 4.01. The van der Waals surface area contributed by atoms with Crippen LogP contribution in [0.15, 0.2) is 79.4 Å². The summed E-state index contributed by atoms with van der Waals surface area (Å²) in [7, 11) is 0. The molecule has 5 rings (SSSR count). The van der Waals surface area contributed by atoms with E-state index in [0.29, 0.717) is 34.0 Å². The Labute approximate surface area is 212 Å². The summed E-state index contributed by atoms with van der Waals surface area (Å²) >= 11 is 0. The van der Waals surface area contributed by atoms with Crippen LogP contribution >= 0.6 is 0 Å². The minimum atomic E-state index is -1.16. The molecule has 5 aromatic rings. The topological polar surface area (TPSA) is 119 Å². The molecule has 0 saturated carbocycles. The number of hydrogen-bond donors (Lipinski definition) is 3. The Bertz CT molecular complexity index is 1650. The van der Waals surface area contributed by atoms with E-state index in [4.69, 9.17) is 0 Å². The minimum Gasteiger partial charge on any atom is -0.346 e. The van der Waals surface area contributed by atoms with Gasteiger partial charge in [0.15, 0.2) is 5.82 Å². The summed E-state index contributed by atoms with van der Waals surface area (Å²) in [6, 6.07) is 19.2. The molecule has 0 bridgehead atoms. The number of rotatable bonds is 6. The molecule has 0 atom stereocenters. The summed E-state index contributed by atoms with van der Waals surface area (Å²) in [6.07, 6.45) is 4.88. The van der Waals surface area contributed by atoms with Crippen molar-refractivity contribution < 1.29 is 9.18 Å². The van der Waals surface area contributed by atoms with Gasteiger partial charge in [-0.25, -0.2) is 19.3 Å². The van der Waals surface area contributed by atoms with E-state index in [2.05, 4.69) is 36.6 Å². The predicted molar refractivity (Wildman–Crippen MR) is 140 cm³/mol. The molecule has 0 radical (unpaired) electrons. The van der Waals surface area contributed by atoms with Gasteiger partial charge in [0.05, 0.1) is 22.9 Å². The Morgan fingerprint density at radius 2 is 1.86 bits per heavy atom. The van der Waals surface area contributed by atoms with Crippen LogP contribution < -0.4 is 10.6 Å². The first kappa shape index (κ1) is 23.6. The van der Waals surface area contributed by atoms with Crippen molar-refractivity contribution in [1.29, 1.82) is 5.26 Å². The third kappa shape index (κ3) is 4.60. The molecule has 0 fully saturated rings. The molecular formula is C28H22FN7O. The normalized spacial score (nSPS) is 11.2. The summed E-state index contributed by atoms with van der Waals surface area (Å²) < 4.78 is 15.6. The second kappa shape index (κ2) is 9.51. The molecule has 8 nitrogen and oxygen atoms in total. The van der Waals surface area contributed by atoms with Crippen molar-refractivity contribution in [1.82, 2.24) is 19.9 Å². The molecule has 9 heteroatoms. The van der Waals surface area contributed by atoms with E-state index in [9.17, 15) is 10.1 Å². The minimum absolute atomic E-state index is 0.0512. The van der Waals surface area contributed by atoms with Gasteiger partial charge in [-0.05, 0) is 56.3 Å².